The van der Waals surface area contributed by atoms with E-state index in [0.29, 0.717) is 34.4 Å². The van der Waals surface area contributed by atoms with E-state index < -0.39 is 0 Å². The van der Waals surface area contributed by atoms with E-state index in [4.69, 9.17) is 11.6 Å². The second kappa shape index (κ2) is 7.72. The molecule has 0 atom stereocenters. The second-order valence-electron chi connectivity index (χ2n) is 6.14. The number of nitrogens with zero attached hydrogens (tertiary/aromatic N) is 4. The van der Waals surface area contributed by atoms with Gasteiger partial charge in [0.2, 0.25) is 0 Å². The number of thioether (sulfide) groups is 1. The molecule has 6 nitrogen and oxygen atoms in total. The van der Waals surface area contributed by atoms with Gasteiger partial charge in [-0.2, -0.15) is 0 Å². The average molecular weight is 393 g/mol. The van der Waals surface area contributed by atoms with Gasteiger partial charge in [-0.25, -0.2) is 9.78 Å². The van der Waals surface area contributed by atoms with Crippen LogP contribution in [0.1, 0.15) is 25.3 Å². The van der Waals surface area contributed by atoms with Gasteiger partial charge in [0.1, 0.15) is 0 Å². The molecule has 1 aromatic carbocycles. The van der Waals surface area contributed by atoms with Crippen LogP contribution in [-0.2, 0) is 20.1 Å². The summed E-state index contributed by atoms with van der Waals surface area (Å²) in [6, 6.07) is 7.50. The smallest absolute Gasteiger partial charge is 0.309 e. The number of fused-ring (bicyclic) bond motifs is 1. The first-order chi connectivity index (χ1) is 12.5. The molecule has 0 saturated heterocycles. The minimum absolute atomic E-state index is 0.279. The molecule has 2 heterocycles. The van der Waals surface area contributed by atoms with Gasteiger partial charge in [-0.1, -0.05) is 48.8 Å². The summed E-state index contributed by atoms with van der Waals surface area (Å²) in [5.41, 5.74) is 1.30. The number of unbranched alkanes of at least 4 members (excludes halogenated alkanes) is 1. The number of hydrogen-bond acceptors (Lipinski definition) is 4. The largest absolute Gasteiger partial charge is 0.332 e. The molecule has 0 spiro atoms. The van der Waals surface area contributed by atoms with Gasteiger partial charge in [0.05, 0.1) is 6.54 Å². The SMILES string of the molecule is CCCCn1c(=O)c2c(nc(SC)n2Cc2ccc(Cl)cc2)n(C)c1=O. The lowest BCUT2D eigenvalue weighted by atomic mass is 10.2. The summed E-state index contributed by atoms with van der Waals surface area (Å²) >= 11 is 7.42. The topological polar surface area (TPSA) is 61.8 Å². The summed E-state index contributed by atoms with van der Waals surface area (Å²) in [7, 11) is 1.66. The highest BCUT2D eigenvalue weighted by atomic mass is 35.5. The number of benzene rings is 1. The fraction of sp³-hybridized carbons (Fsp3) is 0.389. The van der Waals surface area contributed by atoms with Crippen LogP contribution in [-0.4, -0.2) is 24.9 Å². The van der Waals surface area contributed by atoms with E-state index >= 15 is 0 Å². The van der Waals surface area contributed by atoms with Crippen molar-refractivity contribution in [1.82, 2.24) is 18.7 Å². The lowest BCUT2D eigenvalue weighted by molar-refractivity contribution is 0.564. The molecule has 3 aromatic rings. The van der Waals surface area contributed by atoms with Gasteiger partial charge in [0.15, 0.2) is 16.3 Å². The van der Waals surface area contributed by atoms with Crippen molar-refractivity contribution in [3.05, 3.63) is 55.7 Å². The zero-order valence-corrected chi connectivity index (χ0v) is 16.6. The van der Waals surface area contributed by atoms with Crippen LogP contribution in [0.15, 0.2) is 39.0 Å². The lowest BCUT2D eigenvalue weighted by Gasteiger charge is -2.10. The number of aromatic nitrogens is 4. The first-order valence-corrected chi connectivity index (χ1v) is 10.1. The van der Waals surface area contributed by atoms with Gasteiger partial charge in [0.25, 0.3) is 5.56 Å². The summed E-state index contributed by atoms with van der Waals surface area (Å²) in [5, 5.41) is 1.37. The Labute approximate surface area is 160 Å². The average Bonchev–Trinajstić information content (AvgIpc) is 3.00. The van der Waals surface area contributed by atoms with E-state index in [-0.39, 0.29) is 11.2 Å². The zero-order valence-electron chi connectivity index (χ0n) is 15.0. The molecule has 0 bridgehead atoms. The summed E-state index contributed by atoms with van der Waals surface area (Å²) in [6.07, 6.45) is 3.60. The zero-order chi connectivity index (χ0) is 18.8. The van der Waals surface area contributed by atoms with Gasteiger partial charge in [-0.3, -0.25) is 13.9 Å². The van der Waals surface area contributed by atoms with Crippen LogP contribution in [0.2, 0.25) is 5.02 Å². The molecular weight excluding hydrogens is 372 g/mol. The summed E-state index contributed by atoms with van der Waals surface area (Å²) < 4.78 is 4.66. The van der Waals surface area contributed by atoms with Crippen molar-refractivity contribution in [2.45, 2.75) is 38.0 Å². The van der Waals surface area contributed by atoms with E-state index in [1.807, 2.05) is 42.0 Å². The highest BCUT2D eigenvalue weighted by Crippen LogP contribution is 2.21. The van der Waals surface area contributed by atoms with Crippen LogP contribution in [0.5, 0.6) is 0 Å². The van der Waals surface area contributed by atoms with Crippen LogP contribution in [0.25, 0.3) is 11.2 Å². The van der Waals surface area contributed by atoms with Crippen molar-refractivity contribution in [2.24, 2.45) is 7.05 Å². The molecule has 0 N–H and O–H groups in total. The lowest BCUT2D eigenvalue weighted by Crippen LogP contribution is -2.39. The van der Waals surface area contributed by atoms with Crippen LogP contribution in [0.4, 0.5) is 0 Å². The molecule has 0 unspecified atom stereocenters. The highest BCUT2D eigenvalue weighted by Gasteiger charge is 2.20. The third kappa shape index (κ3) is 3.33. The Balaban J connectivity index is 2.24. The molecule has 0 radical (unpaired) electrons. The minimum Gasteiger partial charge on any atom is -0.309 e. The number of imidazole rings is 1. The van der Waals surface area contributed by atoms with Crippen molar-refractivity contribution in [1.29, 1.82) is 0 Å². The van der Waals surface area contributed by atoms with Crippen LogP contribution in [0.3, 0.4) is 0 Å². The normalized spacial score (nSPS) is 11.4. The minimum atomic E-state index is -0.320. The van der Waals surface area contributed by atoms with Crippen molar-refractivity contribution >= 4 is 34.5 Å². The first kappa shape index (κ1) is 18.8. The number of halogens is 1. The van der Waals surface area contributed by atoms with E-state index in [0.717, 1.165) is 18.4 Å². The Morgan fingerprint density at radius 2 is 1.85 bits per heavy atom. The van der Waals surface area contributed by atoms with E-state index in [1.54, 1.807) is 7.05 Å². The van der Waals surface area contributed by atoms with Gasteiger partial charge in [-0.05, 0) is 30.4 Å². The van der Waals surface area contributed by atoms with Gasteiger partial charge < -0.3 is 4.57 Å². The maximum Gasteiger partial charge on any atom is 0.332 e. The highest BCUT2D eigenvalue weighted by molar-refractivity contribution is 7.98. The van der Waals surface area contributed by atoms with Crippen molar-refractivity contribution in [2.75, 3.05) is 6.26 Å². The number of hydrogen-bond donors (Lipinski definition) is 0. The maximum absolute atomic E-state index is 13.1. The third-order valence-electron chi connectivity index (χ3n) is 4.37. The molecule has 0 aliphatic rings. The van der Waals surface area contributed by atoms with Gasteiger partial charge >= 0.3 is 5.69 Å². The molecule has 0 aliphatic carbocycles. The summed E-state index contributed by atoms with van der Waals surface area (Å²) in [5.74, 6) is 0. The van der Waals surface area contributed by atoms with Crippen LogP contribution in [0, 0.1) is 0 Å². The van der Waals surface area contributed by atoms with E-state index in [1.165, 1.54) is 20.9 Å². The molecular formula is C18H21ClN4O2S. The molecule has 0 aliphatic heterocycles. The molecule has 0 amide bonds. The molecule has 138 valence electrons. The Hall–Kier alpha value is -1.99. The Bertz CT molecular complexity index is 1050. The fourth-order valence-electron chi connectivity index (χ4n) is 2.94. The Morgan fingerprint density at radius 3 is 2.46 bits per heavy atom. The molecule has 26 heavy (non-hydrogen) atoms. The first-order valence-electron chi connectivity index (χ1n) is 8.46. The standard InChI is InChI=1S/C18H21ClN4O2S/c1-4-5-10-22-16(24)14-15(21(2)18(22)25)20-17(26-3)23(14)11-12-6-8-13(19)9-7-12/h6-9H,4-5,10-11H2,1-3H3. The fourth-order valence-corrected chi connectivity index (χ4v) is 3.62. The van der Waals surface area contributed by atoms with Gasteiger partial charge in [-0.15, -0.1) is 0 Å². The molecule has 8 heteroatoms. The second-order valence-corrected chi connectivity index (χ2v) is 7.35. The van der Waals surface area contributed by atoms with E-state index in [9.17, 15) is 9.59 Å². The monoisotopic (exact) mass is 392 g/mol. The van der Waals surface area contributed by atoms with Crippen molar-refractivity contribution in [3.63, 3.8) is 0 Å². The molecule has 3 rings (SSSR count). The van der Waals surface area contributed by atoms with Crippen molar-refractivity contribution in [3.8, 4) is 0 Å². The predicted molar refractivity (Wildman–Crippen MR) is 106 cm³/mol. The van der Waals surface area contributed by atoms with E-state index in [2.05, 4.69) is 4.98 Å². The quantitative estimate of drug-likeness (QED) is 0.605. The maximum atomic E-state index is 13.1. The number of rotatable bonds is 6. The van der Waals surface area contributed by atoms with Crippen molar-refractivity contribution < 1.29 is 0 Å². The summed E-state index contributed by atoms with van der Waals surface area (Å²) in [6.45, 7) is 2.94. The van der Waals surface area contributed by atoms with Gasteiger partial charge in [0, 0.05) is 18.6 Å². The molecule has 2 aromatic heterocycles. The predicted octanol–water partition coefficient (Wildman–Crippen LogP) is 3.12. The Morgan fingerprint density at radius 1 is 1.15 bits per heavy atom. The number of aryl methyl sites for hydroxylation is 1. The Kier molecular flexibility index (Phi) is 5.58. The third-order valence-corrected chi connectivity index (χ3v) is 5.30. The summed E-state index contributed by atoms with van der Waals surface area (Å²) in [4.78, 5) is 30.2. The van der Waals surface area contributed by atoms with Crippen LogP contribution < -0.4 is 11.2 Å². The van der Waals surface area contributed by atoms with Crippen LogP contribution >= 0.6 is 23.4 Å². The molecule has 0 fully saturated rings. The molecule has 0 saturated carbocycles.